The second-order valence-electron chi connectivity index (χ2n) is 16.1. The topological polar surface area (TPSA) is 9.23 Å². The van der Waals surface area contributed by atoms with Gasteiger partial charge in [0.05, 0.1) is 0 Å². The first kappa shape index (κ1) is 33.0. The Morgan fingerprint density at radius 1 is 0.841 bits per heavy atom. The molecule has 1 nitrogen and oxygen atoms in total. The van der Waals surface area contributed by atoms with Crippen LogP contribution in [0.4, 0.5) is 0 Å². The van der Waals surface area contributed by atoms with Crippen molar-refractivity contribution in [3.8, 4) is 0 Å². The zero-order valence-corrected chi connectivity index (χ0v) is 31.1. The van der Waals surface area contributed by atoms with Gasteiger partial charge in [-0.15, -0.1) is 0 Å². The van der Waals surface area contributed by atoms with E-state index in [1.165, 1.54) is 74.8 Å². The summed E-state index contributed by atoms with van der Waals surface area (Å²) in [6, 6.07) is 21.9. The number of benzene rings is 2. The van der Waals surface area contributed by atoms with Crippen molar-refractivity contribution >= 4 is 31.4 Å². The van der Waals surface area contributed by atoms with Crippen molar-refractivity contribution in [3.63, 3.8) is 0 Å². The van der Waals surface area contributed by atoms with Gasteiger partial charge in [0, 0.05) is 0 Å². The van der Waals surface area contributed by atoms with Gasteiger partial charge >= 0.3 is 220 Å². The Morgan fingerprint density at radius 2 is 1.50 bits per heavy atom. The molecule has 44 heavy (non-hydrogen) atoms. The Labute approximate surface area is 277 Å². The quantitative estimate of drug-likeness (QED) is 0.138. The van der Waals surface area contributed by atoms with Gasteiger partial charge in [-0.05, 0) is 18.3 Å². The SMILES string of the molecule is CCC(CCC(C)C1CCC2C3CC=C4CC(OP(=[Se])(c5ccccc5)c5ccccc5)CCC4(C)C3CCC12C)C(C)C. The summed E-state index contributed by atoms with van der Waals surface area (Å²) in [5.41, 5.74) is 0.587. The molecule has 4 aliphatic rings. The Hall–Kier alpha value is -0.911. The van der Waals surface area contributed by atoms with Crippen LogP contribution >= 0.6 is 5.74 Å². The third kappa shape index (κ3) is 5.98. The van der Waals surface area contributed by atoms with Crippen LogP contribution in [0.5, 0.6) is 0 Å². The maximum Gasteiger partial charge on any atom is -0.0443 e. The smallest absolute Gasteiger partial charge is 0.0443 e. The molecule has 4 aliphatic carbocycles. The van der Waals surface area contributed by atoms with Crippen LogP contribution < -0.4 is 10.6 Å². The molecule has 240 valence electrons. The fourth-order valence-corrected chi connectivity index (χ4v) is 15.7. The molecule has 9 atom stereocenters. The van der Waals surface area contributed by atoms with Crippen molar-refractivity contribution < 1.29 is 4.52 Å². The molecule has 0 bridgehead atoms. The molecule has 3 saturated carbocycles. The van der Waals surface area contributed by atoms with E-state index in [0.29, 0.717) is 10.8 Å². The average Bonchev–Trinajstić information content (AvgIpc) is 3.39. The summed E-state index contributed by atoms with van der Waals surface area (Å²) in [6.07, 6.45) is 18.0. The van der Waals surface area contributed by atoms with Gasteiger partial charge < -0.3 is 0 Å². The summed E-state index contributed by atoms with van der Waals surface area (Å²) >= 11 is 3.63. The van der Waals surface area contributed by atoms with Crippen LogP contribution in [0.1, 0.15) is 112 Å². The van der Waals surface area contributed by atoms with Crippen molar-refractivity contribution in [1.82, 2.24) is 0 Å². The monoisotopic (exact) mass is 678 g/mol. The van der Waals surface area contributed by atoms with Crippen molar-refractivity contribution in [1.29, 1.82) is 0 Å². The second kappa shape index (κ2) is 13.3. The average molecular weight is 678 g/mol. The van der Waals surface area contributed by atoms with Gasteiger partial charge in [0.2, 0.25) is 0 Å². The molecule has 6 rings (SSSR count). The molecule has 0 radical (unpaired) electrons. The summed E-state index contributed by atoms with van der Waals surface area (Å²) in [6.45, 7) is 15.3. The molecule has 2 aromatic carbocycles. The fourth-order valence-electron chi connectivity index (χ4n) is 11.1. The predicted octanol–water partition coefficient (Wildman–Crippen LogP) is 10.7. The zero-order chi connectivity index (χ0) is 31.1. The number of rotatable bonds is 10. The molecule has 0 saturated heterocycles. The van der Waals surface area contributed by atoms with Crippen LogP contribution in [-0.2, 0) is 4.52 Å². The fraction of sp³-hybridized carbons (Fsp3) is 0.659. The molecule has 9 unspecified atom stereocenters. The van der Waals surface area contributed by atoms with Crippen molar-refractivity contribution in [3.05, 3.63) is 72.3 Å². The molecule has 0 aromatic heterocycles. The van der Waals surface area contributed by atoms with Crippen LogP contribution in [0.25, 0.3) is 0 Å². The molecule has 0 heterocycles. The maximum absolute atomic E-state index is 7.28. The first-order chi connectivity index (χ1) is 21.1. The minimum absolute atomic E-state index is 0.282. The van der Waals surface area contributed by atoms with E-state index < -0.39 is 5.74 Å². The van der Waals surface area contributed by atoms with Gasteiger partial charge in [-0.2, -0.15) is 0 Å². The van der Waals surface area contributed by atoms with E-state index in [4.69, 9.17) is 4.52 Å². The van der Waals surface area contributed by atoms with E-state index in [0.717, 1.165) is 47.8 Å². The van der Waals surface area contributed by atoms with E-state index in [1.54, 1.807) is 5.57 Å². The van der Waals surface area contributed by atoms with Crippen molar-refractivity contribution in [2.45, 2.75) is 118 Å². The standard InChI is InChI=1S/C41H59OPSe/c1-7-31(29(2)3)19-18-30(4)37-22-23-38-36-21-20-32-28-33(24-26-40(32,5)39(36)25-27-41(37,38)6)42-43(44,34-14-10-8-11-15-34)35-16-12-9-13-17-35/h8-17,20,29-31,33,36-39H,7,18-19,21-28H2,1-6H3. The van der Waals surface area contributed by atoms with Crippen LogP contribution in [0, 0.1) is 52.3 Å². The van der Waals surface area contributed by atoms with Crippen LogP contribution in [0.2, 0.25) is 0 Å². The van der Waals surface area contributed by atoms with Gasteiger partial charge in [0.15, 0.2) is 0 Å². The van der Waals surface area contributed by atoms with Crippen LogP contribution in [0.15, 0.2) is 72.3 Å². The molecule has 3 fully saturated rings. The summed E-state index contributed by atoms with van der Waals surface area (Å²) < 4.78 is 7.28. The zero-order valence-electron chi connectivity index (χ0n) is 28.5. The van der Waals surface area contributed by atoms with E-state index in [1.807, 2.05) is 0 Å². The van der Waals surface area contributed by atoms with Crippen molar-refractivity contribution in [2.24, 2.45) is 52.3 Å². The Morgan fingerprint density at radius 3 is 2.11 bits per heavy atom. The Balaban J connectivity index is 1.17. The number of fused-ring (bicyclic) bond motifs is 5. The normalized spacial score (nSPS) is 34.9. The van der Waals surface area contributed by atoms with E-state index in [-0.39, 0.29) is 6.10 Å². The largest absolute Gasteiger partial charge is 0.0625 e. The molecule has 0 N–H and O–H groups in total. The summed E-state index contributed by atoms with van der Waals surface area (Å²) in [5.74, 6) is 6.18. The van der Waals surface area contributed by atoms with E-state index >= 15 is 0 Å². The predicted molar refractivity (Wildman–Crippen MR) is 192 cm³/mol. The molecule has 0 amide bonds. The van der Waals surface area contributed by atoms with Gasteiger partial charge in [-0.3, -0.25) is 0 Å². The van der Waals surface area contributed by atoms with Gasteiger partial charge in [0.25, 0.3) is 0 Å². The maximum atomic E-state index is 7.28. The third-order valence-corrected chi connectivity index (χ3v) is 19.5. The van der Waals surface area contributed by atoms with Gasteiger partial charge in [-0.1, -0.05) is 40.5 Å². The van der Waals surface area contributed by atoms with Crippen molar-refractivity contribution in [2.75, 3.05) is 0 Å². The van der Waals surface area contributed by atoms with Gasteiger partial charge in [0.1, 0.15) is 0 Å². The molecular formula is C41H59OPSe. The summed E-state index contributed by atoms with van der Waals surface area (Å²) in [7, 11) is 0. The summed E-state index contributed by atoms with van der Waals surface area (Å²) in [4.78, 5) is 0. The minimum Gasteiger partial charge on any atom is -0.0625 e. The summed E-state index contributed by atoms with van der Waals surface area (Å²) in [5, 5.41) is 2.62. The third-order valence-electron chi connectivity index (χ3n) is 13.8. The van der Waals surface area contributed by atoms with Crippen LogP contribution in [0.3, 0.4) is 0 Å². The van der Waals surface area contributed by atoms with Crippen LogP contribution in [-0.4, -0.2) is 21.2 Å². The molecule has 0 spiro atoms. The minimum atomic E-state index is -2.05. The van der Waals surface area contributed by atoms with E-state index in [9.17, 15) is 0 Å². The van der Waals surface area contributed by atoms with Gasteiger partial charge in [-0.25, -0.2) is 0 Å². The van der Waals surface area contributed by atoms with E-state index in [2.05, 4.69) is 123 Å². The first-order valence-corrected chi connectivity index (χ1v) is 22.1. The molecule has 0 aliphatic heterocycles. The second-order valence-corrected chi connectivity index (χ2v) is 21.7. The molecule has 3 heteroatoms. The number of hydrogen-bond donors (Lipinski definition) is 0. The molecular weight excluding hydrogens is 618 g/mol. The Kier molecular flexibility index (Phi) is 9.98. The first-order valence-electron chi connectivity index (χ1n) is 18.2. The number of hydrogen-bond acceptors (Lipinski definition) is 1. The Bertz CT molecular complexity index is 1290. The number of allylic oxidation sites excluding steroid dienone is 1. The molecule has 2 aromatic rings.